The van der Waals surface area contributed by atoms with Gasteiger partial charge in [-0.05, 0) is 49.1 Å². The summed E-state index contributed by atoms with van der Waals surface area (Å²) in [5, 5.41) is 12.8. The molecular formula is C35H34Cl2N6O4S. The van der Waals surface area contributed by atoms with Gasteiger partial charge in [0.1, 0.15) is 17.1 Å². The molecule has 2 aliphatic heterocycles. The number of aryl methyl sites for hydroxylation is 1. The number of halogens is 2. The highest BCUT2D eigenvalue weighted by Crippen LogP contribution is 2.38. The van der Waals surface area contributed by atoms with Gasteiger partial charge in [-0.15, -0.1) is 11.3 Å². The molecule has 2 amide bonds. The van der Waals surface area contributed by atoms with Crippen molar-refractivity contribution in [2.75, 3.05) is 26.2 Å². The van der Waals surface area contributed by atoms with Crippen molar-refractivity contribution in [3.8, 4) is 10.4 Å². The molecule has 1 aromatic carbocycles. The minimum atomic E-state index is -1.13. The summed E-state index contributed by atoms with van der Waals surface area (Å²) < 4.78 is 3.26. The number of carbonyl (C=O) groups is 2. The smallest absolute Gasteiger partial charge is 0.263 e. The number of carbonyl (C=O) groups excluding carboxylic acids is 2. The summed E-state index contributed by atoms with van der Waals surface area (Å²) in [7, 11) is 1.83. The van der Waals surface area contributed by atoms with E-state index in [-0.39, 0.29) is 35.8 Å². The van der Waals surface area contributed by atoms with Crippen molar-refractivity contribution in [1.82, 2.24) is 28.9 Å². The number of amides is 2. The molecule has 0 bridgehead atoms. The van der Waals surface area contributed by atoms with Crippen LogP contribution in [-0.2, 0) is 18.4 Å². The van der Waals surface area contributed by atoms with Crippen LogP contribution in [0.1, 0.15) is 40.4 Å². The Hall–Kier alpha value is -4.03. The maximum atomic E-state index is 14.1. The standard InChI is InChI=1S/C35H34Cl2N6O4S/c1-40-13-9-24-31(40)39-21-43(33(24)45)20-35(47)11-15-41(16-12-35)32(44)23-10-14-42(19-26(23)22-5-3-2-4-6-22)34(46)29-8-7-28(48-29)25-17-30(37)38-18-27(25)36/h2-9,13,17-18,21,23,26,47H,10-12,14-16,19-20H2,1H3/t23-,26+/m1/s1. The summed E-state index contributed by atoms with van der Waals surface area (Å²) in [6, 6.07) is 17.0. The van der Waals surface area contributed by atoms with E-state index in [9.17, 15) is 19.5 Å². The fourth-order valence-corrected chi connectivity index (χ4v) is 8.40. The van der Waals surface area contributed by atoms with Crippen LogP contribution < -0.4 is 5.56 Å². The summed E-state index contributed by atoms with van der Waals surface area (Å²) in [4.78, 5) is 54.5. The number of hydrogen-bond acceptors (Lipinski definition) is 7. The van der Waals surface area contributed by atoms with Crippen LogP contribution in [0.15, 0.2) is 78.1 Å². The molecule has 248 valence electrons. The quantitative estimate of drug-likeness (QED) is 0.235. The third-order valence-electron chi connectivity index (χ3n) is 9.67. The van der Waals surface area contributed by atoms with Gasteiger partial charge >= 0.3 is 0 Å². The van der Waals surface area contributed by atoms with Gasteiger partial charge in [0.15, 0.2) is 0 Å². The zero-order valence-electron chi connectivity index (χ0n) is 26.3. The summed E-state index contributed by atoms with van der Waals surface area (Å²) in [5.74, 6) is -0.556. The van der Waals surface area contributed by atoms with Crippen LogP contribution in [0.5, 0.6) is 0 Å². The van der Waals surface area contributed by atoms with E-state index in [0.29, 0.717) is 71.5 Å². The molecule has 5 aromatic rings. The summed E-state index contributed by atoms with van der Waals surface area (Å²) >= 11 is 13.8. The Labute approximate surface area is 291 Å². The zero-order chi connectivity index (χ0) is 33.6. The van der Waals surface area contributed by atoms with Gasteiger partial charge in [0.25, 0.3) is 11.5 Å². The van der Waals surface area contributed by atoms with Gasteiger partial charge in [-0.1, -0.05) is 53.5 Å². The van der Waals surface area contributed by atoms with Crippen molar-refractivity contribution in [2.45, 2.75) is 37.3 Å². The van der Waals surface area contributed by atoms with Crippen molar-refractivity contribution >= 4 is 57.4 Å². The normalized spacial score (nSPS) is 19.5. The number of hydrogen-bond donors (Lipinski definition) is 1. The van der Waals surface area contributed by atoms with E-state index in [1.807, 2.05) is 53.2 Å². The molecule has 10 nitrogen and oxygen atoms in total. The van der Waals surface area contributed by atoms with Crippen molar-refractivity contribution < 1.29 is 14.7 Å². The monoisotopic (exact) mass is 704 g/mol. The number of nitrogens with zero attached hydrogens (tertiary/aromatic N) is 6. The van der Waals surface area contributed by atoms with E-state index in [2.05, 4.69) is 9.97 Å². The van der Waals surface area contributed by atoms with Gasteiger partial charge in [-0.3, -0.25) is 19.0 Å². The Morgan fingerprint density at radius 2 is 1.79 bits per heavy atom. The number of pyridine rings is 1. The molecule has 13 heteroatoms. The fraction of sp³-hybridized carbons (Fsp3) is 0.343. The molecular weight excluding hydrogens is 671 g/mol. The van der Waals surface area contributed by atoms with E-state index in [0.717, 1.165) is 16.0 Å². The van der Waals surface area contributed by atoms with Crippen molar-refractivity contribution in [3.63, 3.8) is 0 Å². The highest BCUT2D eigenvalue weighted by molar-refractivity contribution is 7.17. The number of fused-ring (bicyclic) bond motifs is 1. The van der Waals surface area contributed by atoms with Crippen LogP contribution in [0.3, 0.4) is 0 Å². The molecule has 0 unspecified atom stereocenters. The lowest BCUT2D eigenvalue weighted by Crippen LogP contribution is -2.53. The summed E-state index contributed by atoms with van der Waals surface area (Å²) in [6.07, 6.45) is 5.99. The maximum Gasteiger partial charge on any atom is 0.263 e. The van der Waals surface area contributed by atoms with Crippen molar-refractivity contribution in [2.24, 2.45) is 13.0 Å². The van der Waals surface area contributed by atoms with Crippen molar-refractivity contribution in [1.29, 1.82) is 0 Å². The van der Waals surface area contributed by atoms with Crippen LogP contribution in [-0.4, -0.2) is 77.6 Å². The van der Waals surface area contributed by atoms with Crippen LogP contribution >= 0.6 is 34.5 Å². The molecule has 0 radical (unpaired) electrons. The van der Waals surface area contributed by atoms with Gasteiger partial charge in [0, 0.05) is 67.9 Å². The van der Waals surface area contributed by atoms with Gasteiger partial charge < -0.3 is 19.5 Å². The fourth-order valence-electron chi connectivity index (χ4n) is 6.97. The number of aliphatic hydroxyl groups is 1. The van der Waals surface area contributed by atoms with E-state index in [1.54, 1.807) is 29.0 Å². The molecule has 2 saturated heterocycles. The lowest BCUT2D eigenvalue weighted by Gasteiger charge is -2.43. The second kappa shape index (κ2) is 13.1. The topological polar surface area (TPSA) is 114 Å². The Balaban J connectivity index is 1.04. The number of piperidine rings is 2. The Morgan fingerprint density at radius 3 is 2.56 bits per heavy atom. The number of thiophene rings is 1. The highest BCUT2D eigenvalue weighted by atomic mass is 35.5. The first-order valence-electron chi connectivity index (χ1n) is 15.9. The third kappa shape index (κ3) is 6.27. The second-order valence-corrected chi connectivity index (χ2v) is 14.6. The highest BCUT2D eigenvalue weighted by Gasteiger charge is 2.42. The molecule has 4 aromatic heterocycles. The van der Waals surface area contributed by atoms with E-state index >= 15 is 0 Å². The molecule has 1 N–H and O–H groups in total. The molecule has 2 atom stereocenters. The average Bonchev–Trinajstić information content (AvgIpc) is 3.74. The zero-order valence-corrected chi connectivity index (χ0v) is 28.6. The summed E-state index contributed by atoms with van der Waals surface area (Å²) in [6.45, 7) is 1.73. The first-order valence-corrected chi connectivity index (χ1v) is 17.4. The van der Waals surface area contributed by atoms with Crippen LogP contribution in [0.4, 0.5) is 0 Å². The molecule has 2 aliphatic rings. The number of likely N-dealkylation sites (tertiary alicyclic amines) is 2. The predicted octanol–water partition coefficient (Wildman–Crippen LogP) is 5.46. The van der Waals surface area contributed by atoms with Crippen molar-refractivity contribution in [3.05, 3.63) is 104 Å². The largest absolute Gasteiger partial charge is 0.388 e. The van der Waals surface area contributed by atoms with Gasteiger partial charge in [-0.2, -0.15) is 0 Å². The Bertz CT molecular complexity index is 2050. The molecule has 0 saturated carbocycles. The maximum absolute atomic E-state index is 14.1. The Morgan fingerprint density at radius 1 is 1.02 bits per heavy atom. The first kappa shape index (κ1) is 32.5. The predicted molar refractivity (Wildman–Crippen MR) is 187 cm³/mol. The SMILES string of the molecule is Cn1ccc2c(=O)n(CC3(O)CCN(C(=O)[C@@H]4CCN(C(=O)c5ccc(-c6cc(Cl)ncc6Cl)s5)C[C@H]4c4ccccc4)CC3)cnc21. The average molecular weight is 706 g/mol. The van der Waals surface area contributed by atoms with Crippen LogP contribution in [0, 0.1) is 5.92 Å². The molecule has 2 fully saturated rings. The summed E-state index contributed by atoms with van der Waals surface area (Å²) in [5.41, 5.74) is 1.01. The molecule has 0 aliphatic carbocycles. The van der Waals surface area contributed by atoms with E-state index in [1.165, 1.54) is 28.4 Å². The molecule has 7 rings (SSSR count). The molecule has 0 spiro atoms. The number of aromatic nitrogens is 4. The lowest BCUT2D eigenvalue weighted by atomic mass is 9.79. The number of benzene rings is 1. The lowest BCUT2D eigenvalue weighted by molar-refractivity contribution is -0.142. The number of rotatable bonds is 6. The first-order chi connectivity index (χ1) is 23.1. The molecule has 48 heavy (non-hydrogen) atoms. The minimum Gasteiger partial charge on any atom is -0.388 e. The van der Waals surface area contributed by atoms with Gasteiger partial charge in [0.05, 0.1) is 27.4 Å². The van der Waals surface area contributed by atoms with E-state index < -0.39 is 5.60 Å². The minimum absolute atomic E-state index is 0.0326. The van der Waals surface area contributed by atoms with Gasteiger partial charge in [0.2, 0.25) is 5.91 Å². The van der Waals surface area contributed by atoms with Crippen LogP contribution in [0.2, 0.25) is 10.2 Å². The van der Waals surface area contributed by atoms with E-state index in [4.69, 9.17) is 23.2 Å². The van der Waals surface area contributed by atoms with Gasteiger partial charge in [-0.25, -0.2) is 9.97 Å². The second-order valence-electron chi connectivity index (χ2n) is 12.7. The van der Waals surface area contributed by atoms with Crippen LogP contribution in [0.25, 0.3) is 21.5 Å². The third-order valence-corrected chi connectivity index (χ3v) is 11.3. The molecule has 6 heterocycles. The Kier molecular flexibility index (Phi) is 8.88.